The summed E-state index contributed by atoms with van der Waals surface area (Å²) < 4.78 is 1.32. The Bertz CT molecular complexity index is 1950. The average Bonchev–Trinajstić information content (AvgIpc) is 3.83. The van der Waals surface area contributed by atoms with Gasteiger partial charge in [-0.05, 0) is 93.6 Å². The van der Waals surface area contributed by atoms with Crippen LogP contribution in [-0.2, 0) is 0 Å². The van der Waals surface area contributed by atoms with E-state index in [0.717, 1.165) is 21.9 Å². The summed E-state index contributed by atoms with van der Waals surface area (Å²) in [4.78, 5) is 13.6. The molecular weight excluding hydrogens is 624 g/mol. The predicted octanol–water partition coefficient (Wildman–Crippen LogP) is 1.44. The van der Waals surface area contributed by atoms with E-state index in [0.29, 0.717) is 34.6 Å². The Morgan fingerprint density at radius 1 is 0.688 bits per heavy atom. The molecule has 248 valence electrons. The van der Waals surface area contributed by atoms with Gasteiger partial charge in [0.05, 0.1) is 11.9 Å². The lowest BCUT2D eigenvalue weighted by molar-refractivity contribution is 0.315. The molecule has 0 saturated carbocycles. The van der Waals surface area contributed by atoms with E-state index in [2.05, 4.69) is 82.0 Å². The van der Waals surface area contributed by atoms with Crippen LogP contribution in [0.1, 0.15) is 51.6 Å². The van der Waals surface area contributed by atoms with Gasteiger partial charge in [-0.15, -0.1) is 30.3 Å². The molecular formula is C27H32N18O3. The van der Waals surface area contributed by atoms with Crippen molar-refractivity contribution in [2.45, 2.75) is 41.5 Å². The Morgan fingerprint density at radius 2 is 1.29 bits per heavy atom. The third-order valence-corrected chi connectivity index (χ3v) is 5.50. The molecule has 0 bridgehead atoms. The van der Waals surface area contributed by atoms with Crippen molar-refractivity contribution < 1.29 is 15.6 Å². The van der Waals surface area contributed by atoms with Gasteiger partial charge in [0, 0.05) is 17.1 Å². The Hall–Kier alpha value is -6.93. The highest BCUT2D eigenvalue weighted by molar-refractivity contribution is 5.98. The number of rotatable bonds is 3. The zero-order chi connectivity index (χ0) is 34.9. The van der Waals surface area contributed by atoms with E-state index in [4.69, 9.17) is 15.6 Å². The number of aromatic amines is 1. The summed E-state index contributed by atoms with van der Waals surface area (Å²) in [7, 11) is 0. The molecule has 4 N–H and O–H groups in total. The van der Waals surface area contributed by atoms with Crippen LogP contribution in [0.3, 0.4) is 0 Å². The van der Waals surface area contributed by atoms with Crippen LogP contribution in [0.2, 0.25) is 0 Å². The van der Waals surface area contributed by atoms with Gasteiger partial charge in [0.2, 0.25) is 11.7 Å². The first-order valence-corrected chi connectivity index (χ1v) is 13.8. The van der Waals surface area contributed by atoms with Gasteiger partial charge in [-0.3, -0.25) is 4.98 Å². The molecule has 21 nitrogen and oxygen atoms in total. The largest absolute Gasteiger partial charge is 0.411 e. The second-order valence-corrected chi connectivity index (χ2v) is 9.35. The van der Waals surface area contributed by atoms with E-state index in [-0.39, 0.29) is 11.7 Å². The fourth-order valence-corrected chi connectivity index (χ4v) is 3.44. The highest BCUT2D eigenvalue weighted by Gasteiger charge is 2.14. The number of tetrazole rings is 3. The molecule has 0 aliphatic rings. The quantitative estimate of drug-likeness (QED) is 0.0907. The number of nitrogens with one attached hydrogen (secondary N) is 1. The van der Waals surface area contributed by atoms with E-state index in [1.807, 2.05) is 57.2 Å². The highest BCUT2D eigenvalue weighted by atomic mass is 16.4. The fourth-order valence-electron chi connectivity index (χ4n) is 3.44. The molecule has 0 aromatic carbocycles. The van der Waals surface area contributed by atoms with Crippen molar-refractivity contribution in [1.82, 2.24) is 76.0 Å². The lowest BCUT2D eigenvalue weighted by Gasteiger charge is -2.04. The molecule has 0 saturated heterocycles. The number of oxime groups is 3. The van der Waals surface area contributed by atoms with E-state index in [9.17, 15) is 0 Å². The van der Waals surface area contributed by atoms with Gasteiger partial charge < -0.3 is 15.6 Å². The van der Waals surface area contributed by atoms with Crippen molar-refractivity contribution in [3.05, 3.63) is 106 Å². The summed E-state index contributed by atoms with van der Waals surface area (Å²) >= 11 is 0. The lowest BCUT2D eigenvalue weighted by atomic mass is 10.3. The van der Waals surface area contributed by atoms with Crippen LogP contribution in [0.4, 0.5) is 0 Å². The van der Waals surface area contributed by atoms with Crippen LogP contribution in [-0.4, -0.2) is 109 Å². The van der Waals surface area contributed by atoms with Crippen molar-refractivity contribution in [1.29, 1.82) is 0 Å². The maximum atomic E-state index is 9.00. The molecule has 6 rings (SSSR count). The highest BCUT2D eigenvalue weighted by Crippen LogP contribution is 2.04. The van der Waals surface area contributed by atoms with Gasteiger partial charge in [-0.1, -0.05) is 38.9 Å². The van der Waals surface area contributed by atoms with Gasteiger partial charge in [0.1, 0.15) is 11.4 Å². The predicted molar refractivity (Wildman–Crippen MR) is 168 cm³/mol. The molecule has 0 atom stereocenters. The number of nitrogens with zero attached hydrogens (tertiary/aromatic N) is 17. The number of hydrogen-bond donors (Lipinski definition) is 4. The zero-order valence-electron chi connectivity index (χ0n) is 26.7. The maximum Gasteiger partial charge on any atom is 0.239 e. The molecule has 6 aromatic heterocycles. The summed E-state index contributed by atoms with van der Waals surface area (Å²) in [5, 5.41) is 70.3. The number of pyridine rings is 3. The number of hydrogen-bond acceptors (Lipinski definition) is 18. The topological polar surface area (TPSA) is 278 Å². The van der Waals surface area contributed by atoms with Crippen LogP contribution < -0.4 is 0 Å². The summed E-state index contributed by atoms with van der Waals surface area (Å²) in [6, 6.07) is 16.3. The molecule has 0 spiro atoms. The minimum absolute atomic E-state index is 0.143. The monoisotopic (exact) mass is 656 g/mol. The van der Waals surface area contributed by atoms with Gasteiger partial charge in [0.15, 0.2) is 17.5 Å². The van der Waals surface area contributed by atoms with Crippen LogP contribution in [0, 0.1) is 41.5 Å². The van der Waals surface area contributed by atoms with Crippen LogP contribution in [0.15, 0.2) is 70.1 Å². The van der Waals surface area contributed by atoms with Crippen LogP contribution >= 0.6 is 0 Å². The Labute approximate surface area is 272 Å². The molecule has 0 aliphatic carbocycles. The summed E-state index contributed by atoms with van der Waals surface area (Å²) in [6.45, 7) is 10.8. The Balaban J connectivity index is 0.000000184. The van der Waals surface area contributed by atoms with E-state index in [1.54, 1.807) is 39.0 Å². The molecule has 0 unspecified atom stereocenters. The normalized spacial score (nSPS) is 11.1. The summed E-state index contributed by atoms with van der Waals surface area (Å²) in [5.74, 6) is 2.04. The fraction of sp³-hybridized carbons (Fsp3) is 0.222. The van der Waals surface area contributed by atoms with Crippen LogP contribution in [0.5, 0.6) is 0 Å². The Kier molecular flexibility index (Phi) is 13.4. The number of H-pyrrole nitrogens is 1. The minimum atomic E-state index is 0.143. The second kappa shape index (κ2) is 18.1. The second-order valence-electron chi connectivity index (χ2n) is 9.35. The first-order chi connectivity index (χ1) is 23.1. The number of aromatic nitrogens is 15. The maximum absolute atomic E-state index is 9.00. The molecule has 0 radical (unpaired) electrons. The molecule has 48 heavy (non-hydrogen) atoms. The molecule has 0 amide bonds. The van der Waals surface area contributed by atoms with Crippen molar-refractivity contribution in [3.8, 4) is 0 Å². The van der Waals surface area contributed by atoms with Crippen molar-refractivity contribution in [2.24, 2.45) is 15.5 Å². The van der Waals surface area contributed by atoms with Crippen molar-refractivity contribution >= 4 is 17.9 Å². The molecule has 21 heteroatoms. The average molecular weight is 657 g/mol. The molecule has 0 fully saturated rings. The van der Waals surface area contributed by atoms with Gasteiger partial charge in [-0.2, -0.15) is 9.90 Å². The smallest absolute Gasteiger partial charge is 0.239 e. The standard InChI is InChI=1S/2C9H10N6O.C7H8N2O.C2H4N4/c1-6-4-3-5-8(10-6)9(12-16)15-7(2)11-13-14-15;1-6-4-3-5-8(10-6)9(13-16)15-12-7(2)11-14-15;1-6-3-2-4-7(9-6)5-8-10;1-2-3-5-6-4-2/h2*3-5,16H,1-2H3;2-5,10H,1H3;1H3,(H,3,4,5,6)/b12-9+;13-9+;8-5-;. The van der Waals surface area contributed by atoms with E-state index in [1.165, 1.54) is 10.9 Å². The zero-order valence-corrected chi connectivity index (χ0v) is 26.7. The van der Waals surface area contributed by atoms with E-state index < -0.39 is 0 Å². The lowest BCUT2D eigenvalue weighted by Crippen LogP contribution is -2.18. The molecule has 6 aromatic rings. The van der Waals surface area contributed by atoms with Gasteiger partial charge >= 0.3 is 0 Å². The third-order valence-electron chi connectivity index (χ3n) is 5.50. The van der Waals surface area contributed by atoms with Crippen LogP contribution in [0.25, 0.3) is 0 Å². The van der Waals surface area contributed by atoms with Gasteiger partial charge in [-0.25, -0.2) is 9.97 Å². The third kappa shape index (κ3) is 10.9. The van der Waals surface area contributed by atoms with Gasteiger partial charge in [0.25, 0.3) is 0 Å². The summed E-state index contributed by atoms with van der Waals surface area (Å²) in [5.41, 5.74) is 4.22. The SMILES string of the molecule is Cc1cccc(/C(=N\O)n2nnc(C)n2)n1.Cc1cccc(/C(=N\O)n2nnnc2C)n1.Cc1cccc(/C=N\O)n1.Cc1nn[nH]n1. The molecule has 0 aliphatic heterocycles. The van der Waals surface area contributed by atoms with Crippen molar-refractivity contribution in [3.63, 3.8) is 0 Å². The van der Waals surface area contributed by atoms with E-state index >= 15 is 0 Å². The Morgan fingerprint density at radius 3 is 1.71 bits per heavy atom. The minimum Gasteiger partial charge on any atom is -0.411 e. The molecule has 6 heterocycles. The van der Waals surface area contributed by atoms with Crippen molar-refractivity contribution in [2.75, 3.05) is 0 Å². The first kappa shape index (κ1) is 35.5. The summed E-state index contributed by atoms with van der Waals surface area (Å²) in [6.07, 6.45) is 1.30. The number of aryl methyl sites for hydroxylation is 6. The first-order valence-electron chi connectivity index (χ1n) is 13.8.